The normalized spacial score (nSPS) is 17.4. The van der Waals surface area contributed by atoms with Crippen molar-refractivity contribution in [3.8, 4) is 28.5 Å². The number of fused-ring (bicyclic) bond motifs is 1. The predicted octanol–water partition coefficient (Wildman–Crippen LogP) is 5.00. The number of rotatable bonds is 11. The van der Waals surface area contributed by atoms with Crippen LogP contribution in [0, 0.1) is 5.82 Å². The van der Waals surface area contributed by atoms with E-state index in [0.29, 0.717) is 0 Å². The number of methoxy groups -OCH3 is 1. The third-order valence-electron chi connectivity index (χ3n) is 7.14. The number of nitrogens with two attached hydrogens (primary N) is 1. The molecule has 250 valence electrons. The number of esters is 1. The Kier molecular flexibility index (Phi) is 10.9. The van der Waals surface area contributed by atoms with Crippen LogP contribution >= 0.6 is 0 Å². The number of hydrogen-bond acceptors (Lipinski definition) is 9. The van der Waals surface area contributed by atoms with Crippen molar-refractivity contribution in [2.45, 2.75) is 58.0 Å². The maximum Gasteiger partial charge on any atom is 0.424 e. The van der Waals surface area contributed by atoms with Crippen LogP contribution < -0.4 is 25.3 Å². The van der Waals surface area contributed by atoms with Crippen molar-refractivity contribution >= 4 is 11.9 Å². The number of benzene rings is 2. The zero-order valence-electron chi connectivity index (χ0n) is 25.0. The second-order valence-electron chi connectivity index (χ2n) is 10.8. The van der Waals surface area contributed by atoms with E-state index in [9.17, 15) is 32.3 Å². The summed E-state index contributed by atoms with van der Waals surface area (Å²) in [5, 5.41) is 13.3. The minimum Gasteiger partial charge on any atom is -0.493 e. The van der Waals surface area contributed by atoms with Gasteiger partial charge in [-0.1, -0.05) is 14.4 Å². The van der Waals surface area contributed by atoms with Crippen LogP contribution in [0.5, 0.6) is 17.2 Å². The van der Waals surface area contributed by atoms with Gasteiger partial charge in [-0.3, -0.25) is 9.59 Å². The SMILES string of the molecule is C.CCC(=O)OC(C)COc1ccc(C(=O)NCC(O)(c2cc3c(c(-c4ccc(F)cc4)n2)OCC3(C)N)C(F)(F)F)cc1OC. The Morgan fingerprint density at radius 3 is 2.43 bits per heavy atom. The van der Waals surface area contributed by atoms with E-state index in [0.717, 1.165) is 18.2 Å². The number of aromatic nitrogens is 1. The highest BCUT2D eigenvalue weighted by Crippen LogP contribution is 2.46. The molecule has 14 heteroatoms. The van der Waals surface area contributed by atoms with E-state index >= 15 is 0 Å². The number of carbonyl (C=O) groups excluding carboxylic acids is 2. The molecule has 0 saturated heterocycles. The van der Waals surface area contributed by atoms with Crippen LogP contribution in [0.1, 0.15) is 56.2 Å². The monoisotopic (exact) mass is 651 g/mol. The lowest BCUT2D eigenvalue weighted by Gasteiger charge is -2.31. The molecule has 3 unspecified atom stereocenters. The molecule has 2 aromatic carbocycles. The maximum absolute atomic E-state index is 14.6. The van der Waals surface area contributed by atoms with Gasteiger partial charge in [-0.25, -0.2) is 9.37 Å². The molecule has 0 aliphatic carbocycles. The number of pyridine rings is 1. The highest BCUT2D eigenvalue weighted by molar-refractivity contribution is 5.95. The van der Waals surface area contributed by atoms with E-state index in [1.807, 2.05) is 0 Å². The second kappa shape index (κ2) is 13.9. The molecule has 0 fully saturated rings. The molecule has 0 spiro atoms. The number of halogens is 4. The zero-order valence-corrected chi connectivity index (χ0v) is 25.0. The van der Waals surface area contributed by atoms with Crippen LogP contribution in [0.2, 0.25) is 0 Å². The number of nitrogens with one attached hydrogen (secondary N) is 1. The number of carbonyl (C=O) groups is 2. The van der Waals surface area contributed by atoms with Gasteiger partial charge in [0.05, 0.1) is 24.9 Å². The molecule has 2 heterocycles. The highest BCUT2D eigenvalue weighted by Gasteiger charge is 2.57. The van der Waals surface area contributed by atoms with Gasteiger partial charge in [0.1, 0.15) is 30.8 Å². The summed E-state index contributed by atoms with van der Waals surface area (Å²) < 4.78 is 79.0. The van der Waals surface area contributed by atoms with Gasteiger partial charge in [-0.15, -0.1) is 0 Å². The summed E-state index contributed by atoms with van der Waals surface area (Å²) in [5.74, 6) is -1.54. The Hall–Kier alpha value is -4.43. The molecule has 3 atom stereocenters. The Morgan fingerprint density at radius 2 is 1.83 bits per heavy atom. The molecule has 1 aromatic heterocycles. The van der Waals surface area contributed by atoms with E-state index in [-0.39, 0.29) is 66.7 Å². The summed E-state index contributed by atoms with van der Waals surface area (Å²) in [6, 6.07) is 9.75. The molecule has 10 nitrogen and oxygen atoms in total. The highest BCUT2D eigenvalue weighted by atomic mass is 19.4. The minimum atomic E-state index is -5.31. The average Bonchev–Trinajstić information content (AvgIpc) is 3.31. The van der Waals surface area contributed by atoms with Crippen LogP contribution in [0.15, 0.2) is 48.5 Å². The standard InChI is InChI=1S/C31H33F4N3O7.CH4/c1-5-25(39)45-17(2)14-43-22-11-8-19(12-23(22)42-4)28(40)37-15-30(41,31(33,34)35)24-13-21-27(44-16-29(21,3)36)26(38-24)18-6-9-20(32)10-7-18;/h6-13,17,41H,5,14-16,36H2,1-4H3,(H,37,40);1H4. The first kappa shape index (κ1) is 36.0. The third-order valence-corrected chi connectivity index (χ3v) is 7.14. The number of hydrogen-bond donors (Lipinski definition) is 3. The smallest absolute Gasteiger partial charge is 0.424 e. The number of alkyl halides is 3. The minimum absolute atomic E-state index is 0. The average molecular weight is 652 g/mol. The Balaban J connectivity index is 0.00000576. The summed E-state index contributed by atoms with van der Waals surface area (Å²) in [6.07, 6.45) is -5.69. The second-order valence-corrected chi connectivity index (χ2v) is 10.8. The zero-order chi connectivity index (χ0) is 33.2. The van der Waals surface area contributed by atoms with Crippen LogP contribution in [-0.2, 0) is 20.7 Å². The number of ether oxygens (including phenoxy) is 4. The summed E-state index contributed by atoms with van der Waals surface area (Å²) in [4.78, 5) is 28.6. The number of aliphatic hydroxyl groups is 1. The van der Waals surface area contributed by atoms with Crippen LogP contribution in [0.25, 0.3) is 11.3 Å². The van der Waals surface area contributed by atoms with E-state index in [2.05, 4.69) is 10.3 Å². The van der Waals surface area contributed by atoms with Gasteiger partial charge in [-0.2, -0.15) is 13.2 Å². The third kappa shape index (κ3) is 7.50. The quantitative estimate of drug-likeness (QED) is 0.193. The van der Waals surface area contributed by atoms with E-state index in [4.69, 9.17) is 24.7 Å². The number of amides is 1. The van der Waals surface area contributed by atoms with Gasteiger partial charge >= 0.3 is 12.1 Å². The topological polar surface area (TPSA) is 142 Å². The first-order valence-electron chi connectivity index (χ1n) is 13.9. The fraction of sp³-hybridized carbons (Fsp3) is 0.406. The Morgan fingerprint density at radius 1 is 1.15 bits per heavy atom. The lowest BCUT2D eigenvalue weighted by atomic mass is 9.89. The van der Waals surface area contributed by atoms with Crippen molar-refractivity contribution in [1.82, 2.24) is 10.3 Å². The van der Waals surface area contributed by atoms with Crippen LogP contribution in [-0.4, -0.2) is 61.1 Å². The van der Waals surface area contributed by atoms with Crippen molar-refractivity contribution in [2.24, 2.45) is 5.73 Å². The van der Waals surface area contributed by atoms with Crippen molar-refractivity contribution < 1.29 is 51.2 Å². The molecule has 4 rings (SSSR count). The van der Waals surface area contributed by atoms with Gasteiger partial charge < -0.3 is 35.1 Å². The Bertz CT molecular complexity index is 1560. The maximum atomic E-state index is 14.6. The van der Waals surface area contributed by atoms with Crippen molar-refractivity contribution in [2.75, 3.05) is 26.9 Å². The molecule has 1 aliphatic heterocycles. The van der Waals surface area contributed by atoms with E-state index in [1.165, 1.54) is 37.4 Å². The molecule has 4 N–H and O–H groups in total. The molecule has 46 heavy (non-hydrogen) atoms. The van der Waals surface area contributed by atoms with Crippen molar-refractivity contribution in [3.05, 3.63) is 71.2 Å². The number of nitrogens with zero attached hydrogens (tertiary/aromatic N) is 1. The summed E-state index contributed by atoms with van der Waals surface area (Å²) in [7, 11) is 1.31. The van der Waals surface area contributed by atoms with Gasteiger partial charge in [0.25, 0.3) is 5.91 Å². The molecule has 0 bridgehead atoms. The molecule has 1 amide bonds. The summed E-state index contributed by atoms with van der Waals surface area (Å²) in [5.41, 5.74) is 0.778. The van der Waals surface area contributed by atoms with E-state index in [1.54, 1.807) is 20.8 Å². The van der Waals surface area contributed by atoms with Gasteiger partial charge in [0.2, 0.25) is 5.60 Å². The largest absolute Gasteiger partial charge is 0.493 e. The molecule has 1 aliphatic rings. The van der Waals surface area contributed by atoms with E-state index < -0.39 is 53.4 Å². The molecule has 3 aromatic rings. The van der Waals surface area contributed by atoms with Crippen molar-refractivity contribution in [1.29, 1.82) is 0 Å². The van der Waals surface area contributed by atoms with Crippen molar-refractivity contribution in [3.63, 3.8) is 0 Å². The predicted molar refractivity (Wildman–Crippen MR) is 160 cm³/mol. The van der Waals surface area contributed by atoms with Gasteiger partial charge in [-0.05, 0) is 62.4 Å². The molecule has 0 radical (unpaired) electrons. The lowest BCUT2D eigenvalue weighted by Crippen LogP contribution is -2.51. The summed E-state index contributed by atoms with van der Waals surface area (Å²) >= 11 is 0. The first-order valence-corrected chi connectivity index (χ1v) is 13.9. The van der Waals surface area contributed by atoms with Gasteiger partial charge in [0.15, 0.2) is 17.2 Å². The molecule has 0 saturated carbocycles. The lowest BCUT2D eigenvalue weighted by molar-refractivity contribution is -0.265. The molecular formula is C32H37F4N3O7. The fourth-order valence-electron chi connectivity index (χ4n) is 4.54. The van der Waals surface area contributed by atoms with Gasteiger partial charge in [0, 0.05) is 23.1 Å². The van der Waals surface area contributed by atoms with Crippen LogP contribution in [0.3, 0.4) is 0 Å². The Labute approximate surface area is 263 Å². The fourth-order valence-corrected chi connectivity index (χ4v) is 4.54. The summed E-state index contributed by atoms with van der Waals surface area (Å²) in [6.45, 7) is 3.41. The van der Waals surface area contributed by atoms with Crippen LogP contribution in [0.4, 0.5) is 17.6 Å². The first-order chi connectivity index (χ1) is 21.1. The molecular weight excluding hydrogens is 614 g/mol.